The molecule has 1 saturated heterocycles. The van der Waals surface area contributed by atoms with Crippen LogP contribution in [-0.4, -0.2) is 40.2 Å². The van der Waals surface area contributed by atoms with Gasteiger partial charge in [-0.05, 0) is 25.1 Å². The highest BCUT2D eigenvalue weighted by Gasteiger charge is 2.23. The highest BCUT2D eigenvalue weighted by Crippen LogP contribution is 2.30. The number of aromatic nitrogens is 3. The average molecular weight is 372 g/mol. The van der Waals surface area contributed by atoms with Gasteiger partial charge in [-0.2, -0.15) is 0 Å². The third-order valence-corrected chi connectivity index (χ3v) is 5.00. The summed E-state index contributed by atoms with van der Waals surface area (Å²) in [6, 6.07) is 7.47. The lowest BCUT2D eigenvalue weighted by atomic mass is 10.1. The van der Waals surface area contributed by atoms with Gasteiger partial charge < -0.3 is 14.2 Å². The molecular formula is C20H22F2N4O. The van der Waals surface area contributed by atoms with Gasteiger partial charge in [0.1, 0.15) is 17.7 Å². The van der Waals surface area contributed by atoms with Gasteiger partial charge in [0.15, 0.2) is 0 Å². The lowest BCUT2D eigenvalue weighted by molar-refractivity contribution is 0.128. The molecule has 0 atom stereocenters. The van der Waals surface area contributed by atoms with E-state index >= 15 is 0 Å². The van der Waals surface area contributed by atoms with Crippen molar-refractivity contribution in [1.82, 2.24) is 14.5 Å². The summed E-state index contributed by atoms with van der Waals surface area (Å²) in [7, 11) is 0. The molecule has 7 heteroatoms. The number of piperidine rings is 1. The Kier molecular flexibility index (Phi) is 4.92. The van der Waals surface area contributed by atoms with E-state index in [4.69, 9.17) is 4.74 Å². The molecule has 1 fully saturated rings. The number of hydrogen-bond donors (Lipinski definition) is 0. The highest BCUT2D eigenvalue weighted by molar-refractivity contribution is 5.86. The van der Waals surface area contributed by atoms with Gasteiger partial charge in [-0.15, -0.1) is 0 Å². The zero-order valence-corrected chi connectivity index (χ0v) is 15.2. The summed E-state index contributed by atoms with van der Waals surface area (Å²) in [5, 5.41) is 0.880. The fourth-order valence-electron chi connectivity index (χ4n) is 3.68. The van der Waals surface area contributed by atoms with Crippen LogP contribution in [0.1, 0.15) is 18.5 Å². The fraction of sp³-hybridized carbons (Fsp3) is 0.400. The van der Waals surface area contributed by atoms with E-state index in [1.54, 1.807) is 23.2 Å². The first-order valence-electron chi connectivity index (χ1n) is 9.17. The number of hydrogen-bond acceptors (Lipinski definition) is 4. The van der Waals surface area contributed by atoms with Crippen molar-refractivity contribution in [3.05, 3.63) is 48.5 Å². The zero-order valence-electron chi connectivity index (χ0n) is 15.2. The van der Waals surface area contributed by atoms with E-state index in [1.807, 2.05) is 31.2 Å². The predicted molar refractivity (Wildman–Crippen MR) is 101 cm³/mol. The van der Waals surface area contributed by atoms with Crippen molar-refractivity contribution in [2.45, 2.75) is 38.8 Å². The number of fused-ring (bicyclic) bond motifs is 1. The molecule has 5 nitrogen and oxygen atoms in total. The average Bonchev–Trinajstić information content (AvgIpc) is 3.06. The van der Waals surface area contributed by atoms with E-state index in [9.17, 15) is 8.78 Å². The van der Waals surface area contributed by atoms with E-state index in [2.05, 4.69) is 14.9 Å². The van der Waals surface area contributed by atoms with Gasteiger partial charge in [-0.3, -0.25) is 4.98 Å². The van der Waals surface area contributed by atoms with Crippen molar-refractivity contribution in [3.63, 3.8) is 0 Å². The third-order valence-electron chi connectivity index (χ3n) is 5.00. The van der Waals surface area contributed by atoms with Gasteiger partial charge in [-0.1, -0.05) is 6.07 Å². The van der Waals surface area contributed by atoms with Crippen molar-refractivity contribution in [3.8, 4) is 5.75 Å². The van der Waals surface area contributed by atoms with Crippen molar-refractivity contribution in [1.29, 1.82) is 0 Å². The number of halogens is 2. The zero-order chi connectivity index (χ0) is 18.8. The van der Waals surface area contributed by atoms with Gasteiger partial charge in [0.05, 0.1) is 17.8 Å². The molecule has 0 aliphatic carbocycles. The summed E-state index contributed by atoms with van der Waals surface area (Å²) >= 11 is 0. The second kappa shape index (κ2) is 7.50. The van der Waals surface area contributed by atoms with Crippen LogP contribution < -0.4 is 9.64 Å². The van der Waals surface area contributed by atoms with Crippen LogP contribution >= 0.6 is 0 Å². The van der Waals surface area contributed by atoms with E-state index in [0.717, 1.165) is 54.1 Å². The molecule has 1 aromatic carbocycles. The minimum Gasteiger partial charge on any atom is -0.490 e. The Hall–Kier alpha value is -2.70. The molecule has 0 spiro atoms. The van der Waals surface area contributed by atoms with E-state index in [-0.39, 0.29) is 12.6 Å². The van der Waals surface area contributed by atoms with Crippen molar-refractivity contribution in [2.24, 2.45) is 0 Å². The van der Waals surface area contributed by atoms with Gasteiger partial charge in [0, 0.05) is 49.9 Å². The Labute approximate surface area is 156 Å². The molecule has 142 valence electrons. The molecule has 1 aliphatic rings. The molecule has 0 amide bonds. The van der Waals surface area contributed by atoms with Gasteiger partial charge in [0.25, 0.3) is 6.43 Å². The smallest absolute Gasteiger partial charge is 0.256 e. The van der Waals surface area contributed by atoms with Crippen molar-refractivity contribution in [2.75, 3.05) is 18.0 Å². The first-order valence-corrected chi connectivity index (χ1v) is 9.17. The first-order chi connectivity index (χ1) is 13.1. The second-order valence-electron chi connectivity index (χ2n) is 6.82. The minimum absolute atomic E-state index is 0.0993. The fourth-order valence-corrected chi connectivity index (χ4v) is 3.68. The monoisotopic (exact) mass is 372 g/mol. The van der Waals surface area contributed by atoms with E-state index < -0.39 is 6.43 Å². The van der Waals surface area contributed by atoms with Crippen LogP contribution in [0.3, 0.4) is 0 Å². The number of anilines is 1. The number of ether oxygens (including phenoxy) is 1. The van der Waals surface area contributed by atoms with Crippen LogP contribution in [0.5, 0.6) is 5.75 Å². The third kappa shape index (κ3) is 3.72. The predicted octanol–water partition coefficient (Wildman–Crippen LogP) is 4.05. The Morgan fingerprint density at radius 1 is 1.15 bits per heavy atom. The van der Waals surface area contributed by atoms with Crippen LogP contribution in [0.4, 0.5) is 14.6 Å². The lowest BCUT2D eigenvalue weighted by Gasteiger charge is -2.33. The normalized spacial score (nSPS) is 15.6. The molecule has 27 heavy (non-hydrogen) atoms. The van der Waals surface area contributed by atoms with Crippen molar-refractivity contribution < 1.29 is 13.5 Å². The topological polar surface area (TPSA) is 43.2 Å². The molecular weight excluding hydrogens is 350 g/mol. The SMILES string of the molecule is Cc1nccnc1N1CCC(Oc2cccc3c2ccn3CC(F)F)CC1. The Morgan fingerprint density at radius 3 is 2.67 bits per heavy atom. The molecule has 1 aliphatic heterocycles. The van der Waals surface area contributed by atoms with Crippen LogP contribution in [0.2, 0.25) is 0 Å². The summed E-state index contributed by atoms with van der Waals surface area (Å²) in [4.78, 5) is 11.0. The number of nitrogens with zero attached hydrogens (tertiary/aromatic N) is 4. The maximum atomic E-state index is 12.7. The number of rotatable bonds is 5. The van der Waals surface area contributed by atoms with Gasteiger partial charge >= 0.3 is 0 Å². The summed E-state index contributed by atoms with van der Waals surface area (Å²) in [6.45, 7) is 3.37. The van der Waals surface area contributed by atoms with Crippen LogP contribution in [0.25, 0.3) is 10.9 Å². The molecule has 3 heterocycles. The Morgan fingerprint density at radius 2 is 1.93 bits per heavy atom. The van der Waals surface area contributed by atoms with E-state index in [1.165, 1.54) is 0 Å². The molecule has 4 rings (SSSR count). The largest absolute Gasteiger partial charge is 0.490 e. The quantitative estimate of drug-likeness (QED) is 0.678. The molecule has 0 saturated carbocycles. The van der Waals surface area contributed by atoms with Crippen LogP contribution in [0, 0.1) is 6.92 Å². The van der Waals surface area contributed by atoms with E-state index in [0.29, 0.717) is 0 Å². The second-order valence-corrected chi connectivity index (χ2v) is 6.82. The number of aryl methyl sites for hydroxylation is 1. The Balaban J connectivity index is 1.45. The highest BCUT2D eigenvalue weighted by atomic mass is 19.3. The number of benzene rings is 1. The van der Waals surface area contributed by atoms with Gasteiger partial charge in [0.2, 0.25) is 0 Å². The van der Waals surface area contributed by atoms with Crippen LogP contribution in [0.15, 0.2) is 42.9 Å². The standard InChI is InChI=1S/C20H22F2N4O/c1-14-20(24-9-8-23-14)25-10-5-15(6-11-25)27-18-4-2-3-17-16(18)7-12-26(17)13-19(21)22/h2-4,7-9,12,15,19H,5-6,10-11,13H2,1H3. The maximum Gasteiger partial charge on any atom is 0.256 e. The van der Waals surface area contributed by atoms with Gasteiger partial charge in [-0.25, -0.2) is 13.8 Å². The summed E-state index contributed by atoms with van der Waals surface area (Å²) in [6.07, 6.45) is 4.60. The maximum absolute atomic E-state index is 12.7. The molecule has 3 aromatic rings. The number of alkyl halides is 2. The summed E-state index contributed by atoms with van der Waals surface area (Å²) < 4.78 is 33.3. The molecule has 0 unspecified atom stereocenters. The van der Waals surface area contributed by atoms with Crippen molar-refractivity contribution >= 4 is 16.7 Å². The molecule has 0 bridgehead atoms. The lowest BCUT2D eigenvalue weighted by Crippen LogP contribution is -2.39. The Bertz CT molecular complexity index is 919. The summed E-state index contributed by atoms with van der Waals surface area (Å²) in [5.41, 5.74) is 1.71. The van der Waals surface area contributed by atoms with Crippen LogP contribution in [-0.2, 0) is 6.54 Å². The molecule has 0 radical (unpaired) electrons. The molecule has 0 N–H and O–H groups in total. The minimum atomic E-state index is -2.38. The summed E-state index contributed by atoms with van der Waals surface area (Å²) in [5.74, 6) is 1.69. The first kappa shape index (κ1) is 17.7. The molecule has 2 aromatic heterocycles.